The van der Waals surface area contributed by atoms with E-state index in [4.69, 9.17) is 16.9 Å². The molecule has 0 saturated carbocycles. The summed E-state index contributed by atoms with van der Waals surface area (Å²) in [6.07, 6.45) is 1.56. The molecule has 16 heavy (non-hydrogen) atoms. The van der Waals surface area contributed by atoms with Crippen molar-refractivity contribution in [3.05, 3.63) is 53.1 Å². The molecule has 2 aromatic rings. The van der Waals surface area contributed by atoms with E-state index in [2.05, 4.69) is 4.98 Å². The molecule has 0 spiro atoms. The Morgan fingerprint density at radius 1 is 1.31 bits per heavy atom. The molecule has 0 aliphatic carbocycles. The van der Waals surface area contributed by atoms with Gasteiger partial charge in [-0.3, -0.25) is 0 Å². The van der Waals surface area contributed by atoms with Crippen molar-refractivity contribution in [1.82, 2.24) is 4.98 Å². The Hall–Kier alpha value is -1.92. The van der Waals surface area contributed by atoms with Gasteiger partial charge < -0.3 is 0 Å². The molecule has 2 nitrogen and oxygen atoms in total. The zero-order valence-electron chi connectivity index (χ0n) is 8.11. The first-order chi connectivity index (χ1) is 7.72. The largest absolute Gasteiger partial charge is 0.244 e. The molecule has 0 aliphatic rings. The van der Waals surface area contributed by atoms with Crippen LogP contribution in [0.3, 0.4) is 0 Å². The molecule has 0 atom stereocenters. The average molecular weight is 233 g/mol. The molecule has 1 aromatic heterocycles. The molecule has 0 radical (unpaired) electrons. The minimum Gasteiger partial charge on any atom is -0.244 e. The SMILES string of the molecule is N#Cc1ccc(-c2cccnc2Cl)cc1F. The van der Waals surface area contributed by atoms with Crippen molar-refractivity contribution < 1.29 is 4.39 Å². The molecular formula is C12H6ClFN2. The fourth-order valence-corrected chi connectivity index (χ4v) is 1.60. The predicted octanol–water partition coefficient (Wildman–Crippen LogP) is 3.41. The summed E-state index contributed by atoms with van der Waals surface area (Å²) in [5, 5.41) is 8.92. The van der Waals surface area contributed by atoms with Gasteiger partial charge in [0.15, 0.2) is 0 Å². The Kier molecular flexibility index (Phi) is 2.84. The second kappa shape index (κ2) is 4.30. The quantitative estimate of drug-likeness (QED) is 0.707. The van der Waals surface area contributed by atoms with E-state index in [1.54, 1.807) is 30.5 Å². The average Bonchev–Trinajstić information content (AvgIpc) is 2.29. The third-order valence-electron chi connectivity index (χ3n) is 2.16. The highest BCUT2D eigenvalue weighted by atomic mass is 35.5. The zero-order valence-corrected chi connectivity index (χ0v) is 8.87. The highest BCUT2D eigenvalue weighted by Crippen LogP contribution is 2.26. The smallest absolute Gasteiger partial charge is 0.141 e. The summed E-state index contributed by atoms with van der Waals surface area (Å²) in [5.74, 6) is -0.556. The van der Waals surface area contributed by atoms with Crippen LogP contribution in [0.4, 0.5) is 4.39 Å². The van der Waals surface area contributed by atoms with Gasteiger partial charge in [-0.15, -0.1) is 0 Å². The molecule has 0 aliphatic heterocycles. The molecule has 4 heteroatoms. The number of nitrogens with zero attached hydrogens (tertiary/aromatic N) is 2. The minimum atomic E-state index is -0.556. The van der Waals surface area contributed by atoms with Crippen molar-refractivity contribution in [1.29, 1.82) is 5.26 Å². The summed E-state index contributed by atoms with van der Waals surface area (Å²) in [6.45, 7) is 0. The number of hydrogen-bond donors (Lipinski definition) is 0. The molecule has 1 heterocycles. The summed E-state index contributed by atoms with van der Waals surface area (Å²) < 4.78 is 13.4. The summed E-state index contributed by atoms with van der Waals surface area (Å²) in [7, 11) is 0. The Bertz CT molecular complexity index is 575. The Labute approximate surface area is 96.9 Å². The maximum absolute atomic E-state index is 13.4. The summed E-state index contributed by atoms with van der Waals surface area (Å²) in [5.41, 5.74) is 1.27. The minimum absolute atomic E-state index is 0.0174. The summed E-state index contributed by atoms with van der Waals surface area (Å²) in [4.78, 5) is 3.91. The van der Waals surface area contributed by atoms with Crippen molar-refractivity contribution in [2.75, 3.05) is 0 Å². The van der Waals surface area contributed by atoms with Crippen LogP contribution in [0.1, 0.15) is 5.56 Å². The molecule has 0 amide bonds. The van der Waals surface area contributed by atoms with Crippen LogP contribution >= 0.6 is 11.6 Å². The number of halogens is 2. The number of aromatic nitrogens is 1. The van der Waals surface area contributed by atoms with E-state index >= 15 is 0 Å². The molecule has 0 unspecified atom stereocenters. The fraction of sp³-hybridized carbons (Fsp3) is 0. The van der Waals surface area contributed by atoms with Gasteiger partial charge in [-0.05, 0) is 29.8 Å². The molecular weight excluding hydrogens is 227 g/mol. The van der Waals surface area contributed by atoms with E-state index in [1.807, 2.05) is 0 Å². The van der Waals surface area contributed by atoms with Crippen LogP contribution in [0.2, 0.25) is 5.15 Å². The monoisotopic (exact) mass is 232 g/mol. The van der Waals surface area contributed by atoms with Gasteiger partial charge in [0.2, 0.25) is 0 Å². The number of nitriles is 1. The van der Waals surface area contributed by atoms with Crippen LogP contribution in [-0.4, -0.2) is 4.98 Å². The second-order valence-corrected chi connectivity index (χ2v) is 3.51. The van der Waals surface area contributed by atoms with Gasteiger partial charge in [0.25, 0.3) is 0 Å². The lowest BCUT2D eigenvalue weighted by Crippen LogP contribution is -1.87. The number of hydrogen-bond acceptors (Lipinski definition) is 2. The van der Waals surface area contributed by atoms with Crippen LogP contribution in [0.5, 0.6) is 0 Å². The number of pyridine rings is 1. The van der Waals surface area contributed by atoms with Crippen molar-refractivity contribution in [2.24, 2.45) is 0 Å². The van der Waals surface area contributed by atoms with Crippen LogP contribution < -0.4 is 0 Å². The molecule has 78 valence electrons. The van der Waals surface area contributed by atoms with Crippen molar-refractivity contribution in [3.8, 4) is 17.2 Å². The maximum Gasteiger partial charge on any atom is 0.141 e. The van der Waals surface area contributed by atoms with E-state index in [1.165, 1.54) is 12.1 Å². The van der Waals surface area contributed by atoms with Crippen molar-refractivity contribution in [3.63, 3.8) is 0 Å². The van der Waals surface area contributed by atoms with Gasteiger partial charge in [0.05, 0.1) is 5.56 Å². The Balaban J connectivity index is 2.55. The van der Waals surface area contributed by atoms with Gasteiger partial charge in [0, 0.05) is 11.8 Å². The lowest BCUT2D eigenvalue weighted by Gasteiger charge is -2.03. The van der Waals surface area contributed by atoms with Gasteiger partial charge in [-0.2, -0.15) is 5.26 Å². The van der Waals surface area contributed by atoms with Crippen LogP contribution in [0.15, 0.2) is 36.5 Å². The molecule has 1 aromatic carbocycles. The van der Waals surface area contributed by atoms with Gasteiger partial charge in [-0.1, -0.05) is 17.7 Å². The first-order valence-corrected chi connectivity index (χ1v) is 4.90. The van der Waals surface area contributed by atoms with Crippen LogP contribution in [-0.2, 0) is 0 Å². The zero-order chi connectivity index (χ0) is 11.5. The Morgan fingerprint density at radius 3 is 2.75 bits per heavy atom. The summed E-state index contributed by atoms with van der Waals surface area (Å²) in [6, 6.07) is 9.58. The van der Waals surface area contributed by atoms with Gasteiger partial charge in [0.1, 0.15) is 17.0 Å². The highest BCUT2D eigenvalue weighted by Gasteiger charge is 2.07. The first-order valence-electron chi connectivity index (χ1n) is 4.53. The van der Waals surface area contributed by atoms with E-state index < -0.39 is 5.82 Å². The fourth-order valence-electron chi connectivity index (χ4n) is 1.37. The van der Waals surface area contributed by atoms with E-state index in [0.717, 1.165) is 0 Å². The van der Waals surface area contributed by atoms with Crippen LogP contribution in [0.25, 0.3) is 11.1 Å². The lowest BCUT2D eigenvalue weighted by atomic mass is 10.1. The molecule has 0 fully saturated rings. The van der Waals surface area contributed by atoms with Gasteiger partial charge in [-0.25, -0.2) is 9.37 Å². The van der Waals surface area contributed by atoms with Crippen molar-refractivity contribution in [2.45, 2.75) is 0 Å². The van der Waals surface area contributed by atoms with E-state index in [-0.39, 0.29) is 5.56 Å². The first kappa shape index (κ1) is 10.6. The number of benzene rings is 1. The van der Waals surface area contributed by atoms with E-state index in [9.17, 15) is 4.39 Å². The topological polar surface area (TPSA) is 36.7 Å². The standard InChI is InChI=1S/C12H6ClFN2/c13-12-10(2-1-5-16-12)8-3-4-9(7-15)11(14)6-8/h1-6H. The van der Waals surface area contributed by atoms with Gasteiger partial charge >= 0.3 is 0 Å². The normalized spacial score (nSPS) is 9.81. The Morgan fingerprint density at radius 2 is 2.12 bits per heavy atom. The highest BCUT2D eigenvalue weighted by molar-refractivity contribution is 6.32. The van der Waals surface area contributed by atoms with Crippen LogP contribution in [0, 0.1) is 17.1 Å². The molecule has 0 saturated heterocycles. The second-order valence-electron chi connectivity index (χ2n) is 3.15. The number of rotatable bonds is 1. The predicted molar refractivity (Wildman–Crippen MR) is 59.4 cm³/mol. The molecule has 0 N–H and O–H groups in total. The van der Waals surface area contributed by atoms with E-state index in [0.29, 0.717) is 16.3 Å². The third-order valence-corrected chi connectivity index (χ3v) is 2.46. The molecule has 0 bridgehead atoms. The summed E-state index contributed by atoms with van der Waals surface area (Å²) >= 11 is 5.89. The third kappa shape index (κ3) is 1.88. The molecule has 2 rings (SSSR count). The lowest BCUT2D eigenvalue weighted by molar-refractivity contribution is 0.624. The van der Waals surface area contributed by atoms with Crippen molar-refractivity contribution >= 4 is 11.6 Å². The maximum atomic E-state index is 13.4.